The van der Waals surface area contributed by atoms with Gasteiger partial charge in [-0.1, -0.05) is 38.1 Å². The Labute approximate surface area is 186 Å². The molecule has 0 N–H and O–H groups in total. The van der Waals surface area contributed by atoms with Gasteiger partial charge in [-0.05, 0) is 104 Å². The van der Waals surface area contributed by atoms with Crippen LogP contribution in [0, 0.1) is 17.3 Å². The van der Waals surface area contributed by atoms with Crippen molar-refractivity contribution in [1.82, 2.24) is 0 Å². The van der Waals surface area contributed by atoms with E-state index in [0.29, 0.717) is 28.7 Å². The first-order chi connectivity index (χ1) is 15.1. The molecule has 0 unspecified atom stereocenters. The lowest BCUT2D eigenvalue weighted by atomic mass is 9.55. The van der Waals surface area contributed by atoms with Crippen molar-refractivity contribution in [1.29, 1.82) is 0 Å². The Hall–Kier alpha value is -2.13. The molecule has 0 bridgehead atoms. The molecule has 3 heteroatoms. The van der Waals surface area contributed by atoms with E-state index in [0.717, 1.165) is 31.3 Å². The maximum absolute atomic E-state index is 12.4. The van der Waals surface area contributed by atoms with Crippen molar-refractivity contribution in [2.75, 3.05) is 6.61 Å². The van der Waals surface area contributed by atoms with Crippen LogP contribution in [0.4, 0.5) is 0 Å². The van der Waals surface area contributed by atoms with Gasteiger partial charge in [0.1, 0.15) is 5.75 Å². The molecule has 2 aromatic rings. The Kier molecular flexibility index (Phi) is 5.64. The van der Waals surface area contributed by atoms with Crippen LogP contribution in [0.25, 0.3) is 0 Å². The first kappa shape index (κ1) is 20.8. The average Bonchev–Trinajstić information content (AvgIpc) is 3.14. The van der Waals surface area contributed by atoms with E-state index >= 15 is 0 Å². The van der Waals surface area contributed by atoms with Gasteiger partial charge in [0, 0.05) is 6.61 Å². The summed E-state index contributed by atoms with van der Waals surface area (Å²) in [6.45, 7) is 5.60. The van der Waals surface area contributed by atoms with Crippen LogP contribution in [0.3, 0.4) is 0 Å². The molecule has 2 aromatic carbocycles. The highest BCUT2D eigenvalue weighted by Gasteiger charge is 2.55. The van der Waals surface area contributed by atoms with Gasteiger partial charge >= 0.3 is 5.97 Å². The summed E-state index contributed by atoms with van der Waals surface area (Å²) >= 11 is 0. The summed E-state index contributed by atoms with van der Waals surface area (Å²) in [5.74, 6) is 2.56. The highest BCUT2D eigenvalue weighted by molar-refractivity contribution is 5.91. The fraction of sp³-hybridized carbons (Fsp3) is 0.536. The molecule has 0 heterocycles. The summed E-state index contributed by atoms with van der Waals surface area (Å²) < 4.78 is 12.0. The summed E-state index contributed by atoms with van der Waals surface area (Å²) in [6, 6.07) is 15.6. The van der Waals surface area contributed by atoms with Gasteiger partial charge in [-0.15, -0.1) is 0 Å². The smallest absolute Gasteiger partial charge is 0.343 e. The number of carbonyl (C=O) groups excluding carboxylic acids is 1. The first-order valence-electron chi connectivity index (χ1n) is 12.1. The minimum Gasteiger partial charge on any atom is -0.423 e. The molecule has 3 aliphatic carbocycles. The Morgan fingerprint density at radius 1 is 1.06 bits per heavy atom. The molecule has 3 aliphatic rings. The standard InChI is InChI=1S/C28H34O3/c1-3-17-30-26-14-13-25-24-11-9-20-18-21(31-27(29)19-7-5-4-6-8-19)10-12-22(20)23(24)15-16-28(25,26)2/h4-8,10,12,18,23-26H,3,9,11,13-17H2,1-2H3/t23-,24-,25+,26+,28+/m1/s1. The van der Waals surface area contributed by atoms with Crippen LogP contribution in [0.1, 0.15) is 79.8 Å². The van der Waals surface area contributed by atoms with Crippen molar-refractivity contribution < 1.29 is 14.3 Å². The van der Waals surface area contributed by atoms with Crippen molar-refractivity contribution in [3.63, 3.8) is 0 Å². The summed E-state index contributed by atoms with van der Waals surface area (Å²) in [7, 11) is 0. The number of hydrogen-bond donors (Lipinski definition) is 0. The molecule has 164 valence electrons. The van der Waals surface area contributed by atoms with Crippen molar-refractivity contribution in [3.05, 3.63) is 65.2 Å². The summed E-state index contributed by atoms with van der Waals surface area (Å²) in [6.07, 6.45) is 8.93. The van der Waals surface area contributed by atoms with Crippen molar-refractivity contribution in [2.24, 2.45) is 17.3 Å². The zero-order valence-electron chi connectivity index (χ0n) is 18.8. The van der Waals surface area contributed by atoms with Gasteiger partial charge in [-0.2, -0.15) is 0 Å². The molecule has 2 fully saturated rings. The normalized spacial score (nSPS) is 31.4. The number of hydrogen-bond acceptors (Lipinski definition) is 3. The summed E-state index contributed by atoms with van der Waals surface area (Å²) in [4.78, 5) is 12.4. The number of carbonyl (C=O) groups is 1. The number of benzene rings is 2. The zero-order chi connectivity index (χ0) is 21.4. The van der Waals surface area contributed by atoms with Crippen LogP contribution >= 0.6 is 0 Å². The lowest BCUT2D eigenvalue weighted by molar-refractivity contribution is -0.0636. The molecule has 0 spiro atoms. The highest BCUT2D eigenvalue weighted by atomic mass is 16.5. The molecule has 3 nitrogen and oxygen atoms in total. The van der Waals surface area contributed by atoms with Gasteiger partial charge in [0.2, 0.25) is 0 Å². The number of aryl methyl sites for hydroxylation is 1. The Bertz CT molecular complexity index is 937. The van der Waals surface area contributed by atoms with Crippen molar-refractivity contribution in [3.8, 4) is 5.75 Å². The van der Waals surface area contributed by atoms with Gasteiger partial charge in [0.25, 0.3) is 0 Å². The summed E-state index contributed by atoms with van der Waals surface area (Å²) in [5, 5.41) is 0. The van der Waals surface area contributed by atoms with E-state index in [9.17, 15) is 4.79 Å². The molecular formula is C28H34O3. The fourth-order valence-electron chi connectivity index (χ4n) is 6.85. The lowest BCUT2D eigenvalue weighted by Crippen LogP contribution is -2.44. The van der Waals surface area contributed by atoms with Crippen molar-refractivity contribution in [2.45, 2.75) is 70.8 Å². The number of esters is 1. The Morgan fingerprint density at radius 2 is 1.90 bits per heavy atom. The third-order valence-corrected chi connectivity index (χ3v) is 8.35. The SMILES string of the molecule is CCCO[C@H]1CC[C@H]2[C@@H]3CCc4cc(OC(=O)c5ccccc5)ccc4[C@H]3CC[C@]12C. The third-order valence-electron chi connectivity index (χ3n) is 8.35. The van der Waals surface area contributed by atoms with Gasteiger partial charge in [0.05, 0.1) is 11.7 Å². The largest absolute Gasteiger partial charge is 0.423 e. The second-order valence-electron chi connectivity index (χ2n) is 10.0. The van der Waals surface area contributed by atoms with Crippen LogP contribution in [0.5, 0.6) is 5.75 Å². The Balaban J connectivity index is 1.32. The van der Waals surface area contributed by atoms with E-state index in [4.69, 9.17) is 9.47 Å². The van der Waals surface area contributed by atoms with E-state index in [1.807, 2.05) is 24.3 Å². The second-order valence-corrected chi connectivity index (χ2v) is 10.0. The van der Waals surface area contributed by atoms with Gasteiger partial charge in [-0.25, -0.2) is 4.79 Å². The monoisotopic (exact) mass is 418 g/mol. The predicted octanol–water partition coefficient (Wildman–Crippen LogP) is 6.56. The topological polar surface area (TPSA) is 35.5 Å². The van der Waals surface area contributed by atoms with E-state index in [2.05, 4.69) is 26.0 Å². The van der Waals surface area contributed by atoms with Crippen LogP contribution < -0.4 is 4.74 Å². The molecular weight excluding hydrogens is 384 g/mol. The van der Waals surface area contributed by atoms with Crippen LogP contribution in [-0.4, -0.2) is 18.7 Å². The first-order valence-corrected chi connectivity index (χ1v) is 12.1. The minimum absolute atomic E-state index is 0.285. The van der Waals surface area contributed by atoms with Gasteiger partial charge < -0.3 is 9.47 Å². The highest BCUT2D eigenvalue weighted by Crippen LogP contribution is 2.61. The molecule has 0 amide bonds. The number of ether oxygens (including phenoxy) is 2. The molecule has 0 radical (unpaired) electrons. The molecule has 5 rings (SSSR count). The average molecular weight is 419 g/mol. The molecule has 2 saturated carbocycles. The molecule has 5 atom stereocenters. The number of fused-ring (bicyclic) bond motifs is 5. The van der Waals surface area contributed by atoms with E-state index in [1.165, 1.54) is 43.2 Å². The fourth-order valence-corrected chi connectivity index (χ4v) is 6.85. The van der Waals surface area contributed by atoms with E-state index < -0.39 is 0 Å². The maximum atomic E-state index is 12.4. The predicted molar refractivity (Wildman–Crippen MR) is 122 cm³/mol. The van der Waals surface area contributed by atoms with Crippen molar-refractivity contribution >= 4 is 5.97 Å². The van der Waals surface area contributed by atoms with Gasteiger partial charge in [0.15, 0.2) is 0 Å². The van der Waals surface area contributed by atoms with Crippen LogP contribution in [-0.2, 0) is 11.2 Å². The molecule has 0 aromatic heterocycles. The quantitative estimate of drug-likeness (QED) is 0.408. The summed E-state index contributed by atoms with van der Waals surface area (Å²) in [5.41, 5.74) is 3.81. The number of rotatable bonds is 5. The van der Waals surface area contributed by atoms with Gasteiger partial charge in [-0.3, -0.25) is 0 Å². The van der Waals surface area contributed by atoms with E-state index in [1.54, 1.807) is 12.1 Å². The zero-order valence-corrected chi connectivity index (χ0v) is 18.8. The van der Waals surface area contributed by atoms with Crippen LogP contribution in [0.2, 0.25) is 0 Å². The minimum atomic E-state index is -0.285. The third kappa shape index (κ3) is 3.71. The Morgan fingerprint density at radius 3 is 2.71 bits per heavy atom. The molecule has 0 aliphatic heterocycles. The van der Waals surface area contributed by atoms with Crippen LogP contribution in [0.15, 0.2) is 48.5 Å². The second kappa shape index (κ2) is 8.43. The molecule has 31 heavy (non-hydrogen) atoms. The molecule has 0 saturated heterocycles. The van der Waals surface area contributed by atoms with E-state index in [-0.39, 0.29) is 5.97 Å². The lowest BCUT2D eigenvalue weighted by Gasteiger charge is -2.50. The maximum Gasteiger partial charge on any atom is 0.343 e.